The molecule has 2 aromatic rings. The van der Waals surface area contributed by atoms with Crippen molar-refractivity contribution in [3.8, 4) is 10.6 Å². The summed E-state index contributed by atoms with van der Waals surface area (Å²) >= 11 is 4.83. The lowest BCUT2D eigenvalue weighted by molar-refractivity contribution is 0.112. The van der Waals surface area contributed by atoms with Gasteiger partial charge in [-0.3, -0.25) is 4.79 Å². The molecule has 0 unspecified atom stereocenters. The molecule has 0 amide bonds. The Morgan fingerprint density at radius 1 is 1.36 bits per heavy atom. The van der Waals surface area contributed by atoms with Crippen molar-refractivity contribution in [3.05, 3.63) is 39.8 Å². The number of carbonyl (C=O) groups is 1. The van der Waals surface area contributed by atoms with E-state index in [0.717, 1.165) is 21.3 Å². The Kier molecular flexibility index (Phi) is 2.74. The summed E-state index contributed by atoms with van der Waals surface area (Å²) in [7, 11) is 0. The molecule has 0 saturated carbocycles. The number of halogens is 1. The molecule has 0 aliphatic heterocycles. The van der Waals surface area contributed by atoms with Gasteiger partial charge in [-0.15, -0.1) is 11.3 Å². The highest BCUT2D eigenvalue weighted by Crippen LogP contribution is 2.30. The van der Waals surface area contributed by atoms with Gasteiger partial charge in [-0.1, -0.05) is 34.1 Å². The number of aromatic nitrogens is 1. The van der Waals surface area contributed by atoms with Crippen molar-refractivity contribution in [2.45, 2.75) is 0 Å². The number of benzene rings is 1. The Hall–Kier alpha value is -1.000. The maximum absolute atomic E-state index is 10.5. The summed E-state index contributed by atoms with van der Waals surface area (Å²) in [6, 6.07) is 7.82. The van der Waals surface area contributed by atoms with Gasteiger partial charge in [-0.25, -0.2) is 4.98 Å². The van der Waals surface area contributed by atoms with Crippen LogP contribution in [0.15, 0.2) is 34.9 Å². The molecule has 2 rings (SSSR count). The van der Waals surface area contributed by atoms with E-state index in [1.807, 2.05) is 24.3 Å². The lowest BCUT2D eigenvalue weighted by atomic mass is 10.2. The molecule has 2 nitrogen and oxygen atoms in total. The number of thiazole rings is 1. The third-order valence-electron chi connectivity index (χ3n) is 1.74. The molecular formula is C10H6BrNOS. The van der Waals surface area contributed by atoms with Crippen LogP contribution in [0.2, 0.25) is 0 Å². The molecule has 0 atom stereocenters. The van der Waals surface area contributed by atoms with E-state index < -0.39 is 0 Å². The molecule has 0 fully saturated rings. The molecule has 1 heterocycles. The minimum absolute atomic E-state index is 0.649. The molecule has 0 radical (unpaired) electrons. The molecule has 0 bridgehead atoms. The predicted molar refractivity (Wildman–Crippen MR) is 60.6 cm³/mol. The van der Waals surface area contributed by atoms with Gasteiger partial charge in [0, 0.05) is 16.2 Å². The van der Waals surface area contributed by atoms with E-state index in [-0.39, 0.29) is 0 Å². The zero-order chi connectivity index (χ0) is 9.97. The van der Waals surface area contributed by atoms with Gasteiger partial charge in [0.1, 0.15) is 5.01 Å². The number of hydrogen-bond donors (Lipinski definition) is 0. The predicted octanol–water partition coefficient (Wildman–Crippen LogP) is 3.39. The zero-order valence-electron chi connectivity index (χ0n) is 7.11. The molecule has 0 saturated heterocycles. The second kappa shape index (κ2) is 4.02. The molecule has 14 heavy (non-hydrogen) atoms. The summed E-state index contributed by atoms with van der Waals surface area (Å²) in [5.41, 5.74) is 1.02. The Morgan fingerprint density at radius 3 is 2.79 bits per heavy atom. The van der Waals surface area contributed by atoms with Crippen molar-refractivity contribution in [2.75, 3.05) is 0 Å². The normalized spacial score (nSPS) is 10.1. The van der Waals surface area contributed by atoms with Crippen LogP contribution in [0.4, 0.5) is 0 Å². The number of aldehydes is 1. The number of rotatable bonds is 2. The first-order valence-corrected chi connectivity index (χ1v) is 5.58. The molecule has 0 spiro atoms. The van der Waals surface area contributed by atoms with E-state index in [1.165, 1.54) is 11.3 Å². The topological polar surface area (TPSA) is 30.0 Å². The first-order chi connectivity index (χ1) is 6.81. The molecule has 0 aliphatic rings. The summed E-state index contributed by atoms with van der Waals surface area (Å²) in [6.45, 7) is 0. The monoisotopic (exact) mass is 267 g/mol. The molecule has 0 aliphatic carbocycles. The van der Waals surface area contributed by atoms with Gasteiger partial charge in [0.2, 0.25) is 0 Å². The fourth-order valence-electron chi connectivity index (χ4n) is 1.10. The Bertz CT molecular complexity index is 467. The molecule has 4 heteroatoms. The highest BCUT2D eigenvalue weighted by Gasteiger charge is 2.06. The molecule has 70 valence electrons. The first kappa shape index (κ1) is 9.55. The van der Waals surface area contributed by atoms with E-state index in [2.05, 4.69) is 20.9 Å². The van der Waals surface area contributed by atoms with E-state index in [9.17, 15) is 4.79 Å². The van der Waals surface area contributed by atoms with Crippen molar-refractivity contribution in [1.82, 2.24) is 4.98 Å². The fourth-order valence-corrected chi connectivity index (χ4v) is 2.47. The van der Waals surface area contributed by atoms with Crippen molar-refractivity contribution in [3.63, 3.8) is 0 Å². The van der Waals surface area contributed by atoms with Crippen molar-refractivity contribution in [2.24, 2.45) is 0 Å². The smallest absolute Gasteiger partial charge is 0.161 e. The van der Waals surface area contributed by atoms with Crippen molar-refractivity contribution in [1.29, 1.82) is 0 Å². The van der Waals surface area contributed by atoms with Crippen LogP contribution in [0.1, 0.15) is 9.67 Å². The second-order valence-electron chi connectivity index (χ2n) is 2.67. The molecule has 1 aromatic heterocycles. The fraction of sp³-hybridized carbons (Fsp3) is 0. The average Bonchev–Trinajstić information content (AvgIpc) is 2.67. The van der Waals surface area contributed by atoms with Crippen LogP contribution in [0, 0.1) is 0 Å². The molecule has 0 N–H and O–H groups in total. The number of nitrogens with zero attached hydrogens (tertiary/aromatic N) is 1. The van der Waals surface area contributed by atoms with E-state index in [4.69, 9.17) is 0 Å². The zero-order valence-corrected chi connectivity index (χ0v) is 9.51. The lowest BCUT2D eigenvalue weighted by Crippen LogP contribution is -1.75. The minimum Gasteiger partial charge on any atom is -0.297 e. The van der Waals surface area contributed by atoms with E-state index in [0.29, 0.717) is 4.88 Å². The van der Waals surface area contributed by atoms with Gasteiger partial charge in [0.15, 0.2) is 6.29 Å². The highest BCUT2D eigenvalue weighted by atomic mass is 79.9. The Labute approximate surface area is 93.7 Å². The van der Waals surface area contributed by atoms with Crippen LogP contribution in [0.25, 0.3) is 10.6 Å². The van der Waals surface area contributed by atoms with Crippen LogP contribution in [0.3, 0.4) is 0 Å². The molecule has 1 aromatic carbocycles. The Morgan fingerprint density at radius 2 is 2.14 bits per heavy atom. The second-order valence-corrected chi connectivity index (χ2v) is 4.58. The van der Waals surface area contributed by atoms with E-state index in [1.54, 1.807) is 6.20 Å². The van der Waals surface area contributed by atoms with Crippen LogP contribution in [-0.2, 0) is 0 Å². The van der Waals surface area contributed by atoms with Crippen LogP contribution >= 0.6 is 27.3 Å². The molecular weight excluding hydrogens is 262 g/mol. The first-order valence-electron chi connectivity index (χ1n) is 3.97. The highest BCUT2D eigenvalue weighted by molar-refractivity contribution is 9.10. The van der Waals surface area contributed by atoms with Gasteiger partial charge in [0.05, 0.1) is 4.88 Å². The quantitative estimate of drug-likeness (QED) is 0.781. The van der Waals surface area contributed by atoms with Crippen molar-refractivity contribution >= 4 is 33.6 Å². The third kappa shape index (κ3) is 1.76. The number of hydrogen-bond acceptors (Lipinski definition) is 3. The van der Waals surface area contributed by atoms with Crippen LogP contribution < -0.4 is 0 Å². The van der Waals surface area contributed by atoms with Gasteiger partial charge < -0.3 is 0 Å². The summed E-state index contributed by atoms with van der Waals surface area (Å²) in [4.78, 5) is 15.3. The van der Waals surface area contributed by atoms with Gasteiger partial charge >= 0.3 is 0 Å². The summed E-state index contributed by atoms with van der Waals surface area (Å²) < 4.78 is 0.992. The average molecular weight is 268 g/mol. The van der Waals surface area contributed by atoms with Gasteiger partial charge in [-0.2, -0.15) is 0 Å². The summed E-state index contributed by atoms with van der Waals surface area (Å²) in [6.07, 6.45) is 2.41. The number of carbonyl (C=O) groups excluding carboxylic acids is 1. The van der Waals surface area contributed by atoms with Crippen LogP contribution in [0.5, 0.6) is 0 Å². The largest absolute Gasteiger partial charge is 0.297 e. The summed E-state index contributed by atoms with van der Waals surface area (Å²) in [5, 5.41) is 0.861. The van der Waals surface area contributed by atoms with Crippen molar-refractivity contribution < 1.29 is 4.79 Å². The standard InChI is InChI=1S/C10H6BrNOS/c11-9-4-2-1-3-8(9)10-12-5-7(6-13)14-10/h1-6H. The minimum atomic E-state index is 0.649. The van der Waals surface area contributed by atoms with Crippen LogP contribution in [-0.4, -0.2) is 11.3 Å². The SMILES string of the molecule is O=Cc1cnc(-c2ccccc2Br)s1. The summed E-state index contributed by atoms with van der Waals surface area (Å²) in [5.74, 6) is 0. The third-order valence-corrected chi connectivity index (χ3v) is 3.39. The van der Waals surface area contributed by atoms with Gasteiger partial charge in [-0.05, 0) is 6.07 Å². The Balaban J connectivity index is 2.49. The van der Waals surface area contributed by atoms with E-state index >= 15 is 0 Å². The maximum atomic E-state index is 10.5. The lowest BCUT2D eigenvalue weighted by Gasteiger charge is -1.97. The van der Waals surface area contributed by atoms with Gasteiger partial charge in [0.25, 0.3) is 0 Å². The maximum Gasteiger partial charge on any atom is 0.161 e.